The van der Waals surface area contributed by atoms with Gasteiger partial charge in [0.25, 0.3) is 0 Å². The Balaban J connectivity index is 2.34. The third-order valence-corrected chi connectivity index (χ3v) is 3.33. The van der Waals surface area contributed by atoms with Crippen LogP contribution in [0.2, 0.25) is 0 Å². The highest BCUT2D eigenvalue weighted by Crippen LogP contribution is 2.38. The molecule has 0 N–H and O–H groups in total. The van der Waals surface area contributed by atoms with Crippen molar-refractivity contribution in [2.24, 2.45) is 0 Å². The highest BCUT2D eigenvalue weighted by atomic mass is 19.1. The second-order valence-electron chi connectivity index (χ2n) is 4.69. The molecule has 5 heteroatoms. The van der Waals surface area contributed by atoms with Crippen LogP contribution in [0.1, 0.15) is 11.1 Å². The molecule has 2 rings (SSSR count). The summed E-state index contributed by atoms with van der Waals surface area (Å²) in [7, 11) is 6.10. The van der Waals surface area contributed by atoms with E-state index in [0.29, 0.717) is 17.2 Å². The number of hydrogen-bond donors (Lipinski definition) is 0. The topological polar surface area (TPSA) is 36.9 Å². The van der Waals surface area contributed by atoms with Gasteiger partial charge in [-0.1, -0.05) is 18.2 Å². The summed E-state index contributed by atoms with van der Waals surface area (Å²) < 4.78 is 34.5. The average molecular weight is 318 g/mol. The van der Waals surface area contributed by atoms with Gasteiger partial charge in [0, 0.05) is 0 Å². The zero-order valence-electron chi connectivity index (χ0n) is 13.6. The van der Waals surface area contributed by atoms with Crippen LogP contribution < -0.4 is 18.9 Å². The van der Waals surface area contributed by atoms with Gasteiger partial charge in [-0.05, 0) is 35.4 Å². The first-order valence-corrected chi connectivity index (χ1v) is 6.94. The van der Waals surface area contributed by atoms with Crippen molar-refractivity contribution in [1.82, 2.24) is 0 Å². The minimum Gasteiger partial charge on any atom is -0.494 e. The van der Waals surface area contributed by atoms with E-state index >= 15 is 0 Å². The van der Waals surface area contributed by atoms with Crippen LogP contribution in [-0.4, -0.2) is 28.4 Å². The third kappa shape index (κ3) is 3.74. The molecule has 0 aliphatic carbocycles. The highest BCUT2D eigenvalue weighted by molar-refractivity contribution is 5.73. The maximum absolute atomic E-state index is 13.7. The summed E-state index contributed by atoms with van der Waals surface area (Å²) in [6.07, 6.45) is 3.63. The van der Waals surface area contributed by atoms with E-state index in [-0.39, 0.29) is 5.75 Å². The predicted octanol–water partition coefficient (Wildman–Crippen LogP) is 4.03. The molecule has 0 saturated heterocycles. The molecule has 0 spiro atoms. The fourth-order valence-corrected chi connectivity index (χ4v) is 2.18. The number of hydrogen-bond acceptors (Lipinski definition) is 4. The summed E-state index contributed by atoms with van der Waals surface area (Å²) in [5.74, 6) is 1.47. The van der Waals surface area contributed by atoms with Gasteiger partial charge in [-0.3, -0.25) is 0 Å². The quantitative estimate of drug-likeness (QED) is 0.754. The number of methoxy groups -OCH3 is 4. The van der Waals surface area contributed by atoms with Crippen LogP contribution in [0.3, 0.4) is 0 Å². The van der Waals surface area contributed by atoms with Crippen molar-refractivity contribution < 1.29 is 23.3 Å². The van der Waals surface area contributed by atoms with Gasteiger partial charge in [0.2, 0.25) is 5.75 Å². The van der Waals surface area contributed by atoms with Crippen LogP contribution in [0.5, 0.6) is 23.0 Å². The van der Waals surface area contributed by atoms with E-state index in [0.717, 1.165) is 11.1 Å². The standard InChI is InChI=1S/C18H19FO4/c1-20-15-8-7-12(9-14(15)19)5-6-13-10-16(21-2)18(23-4)17(11-13)22-3/h5-11H,1-4H3/b6-5-. The van der Waals surface area contributed by atoms with Crippen molar-refractivity contribution >= 4 is 12.2 Å². The fraction of sp³-hybridized carbons (Fsp3) is 0.222. The Morgan fingerprint density at radius 1 is 0.696 bits per heavy atom. The first kappa shape index (κ1) is 16.7. The van der Waals surface area contributed by atoms with E-state index in [4.69, 9.17) is 18.9 Å². The van der Waals surface area contributed by atoms with Gasteiger partial charge in [0.15, 0.2) is 23.1 Å². The molecule has 0 aromatic heterocycles. The number of benzene rings is 2. The first-order valence-electron chi connectivity index (χ1n) is 6.94. The molecule has 0 amide bonds. The molecule has 0 unspecified atom stereocenters. The summed E-state index contributed by atoms with van der Waals surface area (Å²) in [4.78, 5) is 0. The van der Waals surface area contributed by atoms with E-state index in [1.165, 1.54) is 13.2 Å². The summed E-state index contributed by atoms with van der Waals surface area (Å²) in [6, 6.07) is 8.41. The molecule has 0 saturated carbocycles. The van der Waals surface area contributed by atoms with E-state index in [2.05, 4.69) is 0 Å². The first-order chi connectivity index (χ1) is 11.1. The van der Waals surface area contributed by atoms with E-state index < -0.39 is 5.82 Å². The molecule has 2 aromatic carbocycles. The van der Waals surface area contributed by atoms with E-state index in [9.17, 15) is 4.39 Å². The smallest absolute Gasteiger partial charge is 0.203 e. The Hall–Kier alpha value is -2.69. The number of halogens is 1. The summed E-state index contributed by atoms with van der Waals surface area (Å²) in [5.41, 5.74) is 1.56. The van der Waals surface area contributed by atoms with Crippen LogP contribution in [0.25, 0.3) is 12.2 Å². The molecule has 122 valence electrons. The van der Waals surface area contributed by atoms with Gasteiger partial charge in [-0.25, -0.2) is 4.39 Å². The van der Waals surface area contributed by atoms with E-state index in [1.54, 1.807) is 39.5 Å². The monoisotopic (exact) mass is 318 g/mol. The molecule has 23 heavy (non-hydrogen) atoms. The lowest BCUT2D eigenvalue weighted by Crippen LogP contribution is -1.95. The zero-order chi connectivity index (χ0) is 16.8. The number of rotatable bonds is 6. The maximum Gasteiger partial charge on any atom is 0.203 e. The molecule has 0 fully saturated rings. The predicted molar refractivity (Wildman–Crippen MR) is 88.0 cm³/mol. The SMILES string of the molecule is COc1ccc(/C=C\c2cc(OC)c(OC)c(OC)c2)cc1F. The minimum atomic E-state index is -0.403. The average Bonchev–Trinajstić information content (AvgIpc) is 2.58. The van der Waals surface area contributed by atoms with Crippen molar-refractivity contribution in [3.8, 4) is 23.0 Å². The van der Waals surface area contributed by atoms with Crippen LogP contribution in [0.4, 0.5) is 4.39 Å². The van der Waals surface area contributed by atoms with Crippen LogP contribution >= 0.6 is 0 Å². The van der Waals surface area contributed by atoms with Crippen LogP contribution in [-0.2, 0) is 0 Å². The fourth-order valence-electron chi connectivity index (χ4n) is 2.18. The molecular formula is C18H19FO4. The van der Waals surface area contributed by atoms with Crippen molar-refractivity contribution in [3.63, 3.8) is 0 Å². The van der Waals surface area contributed by atoms with Gasteiger partial charge in [0.05, 0.1) is 28.4 Å². The Labute approximate surface area is 135 Å². The van der Waals surface area contributed by atoms with Gasteiger partial charge in [0.1, 0.15) is 0 Å². The molecule has 0 heterocycles. The van der Waals surface area contributed by atoms with Gasteiger partial charge < -0.3 is 18.9 Å². The molecular weight excluding hydrogens is 299 g/mol. The molecule has 4 nitrogen and oxygen atoms in total. The lowest BCUT2D eigenvalue weighted by atomic mass is 10.1. The van der Waals surface area contributed by atoms with Gasteiger partial charge >= 0.3 is 0 Å². The van der Waals surface area contributed by atoms with Crippen LogP contribution in [0.15, 0.2) is 30.3 Å². The normalized spacial score (nSPS) is 10.7. The Morgan fingerprint density at radius 2 is 1.26 bits per heavy atom. The lowest BCUT2D eigenvalue weighted by molar-refractivity contribution is 0.324. The van der Waals surface area contributed by atoms with Crippen molar-refractivity contribution in [1.29, 1.82) is 0 Å². The minimum absolute atomic E-state index is 0.218. The molecule has 0 aliphatic rings. The summed E-state index contributed by atoms with van der Waals surface area (Å²) in [5, 5.41) is 0. The lowest BCUT2D eigenvalue weighted by Gasteiger charge is -2.12. The second-order valence-corrected chi connectivity index (χ2v) is 4.69. The molecule has 0 radical (unpaired) electrons. The molecule has 0 bridgehead atoms. The van der Waals surface area contributed by atoms with Crippen LogP contribution in [0, 0.1) is 5.82 Å². The van der Waals surface area contributed by atoms with E-state index in [1.807, 2.05) is 18.2 Å². The second kappa shape index (κ2) is 7.54. The van der Waals surface area contributed by atoms with Gasteiger partial charge in [-0.2, -0.15) is 0 Å². The number of ether oxygens (including phenoxy) is 4. The van der Waals surface area contributed by atoms with Crippen molar-refractivity contribution in [3.05, 3.63) is 47.3 Å². The molecule has 2 aromatic rings. The summed E-state index contributed by atoms with van der Waals surface area (Å²) >= 11 is 0. The summed E-state index contributed by atoms with van der Waals surface area (Å²) in [6.45, 7) is 0. The Morgan fingerprint density at radius 3 is 1.74 bits per heavy atom. The van der Waals surface area contributed by atoms with Crippen molar-refractivity contribution in [2.75, 3.05) is 28.4 Å². The largest absolute Gasteiger partial charge is 0.494 e. The van der Waals surface area contributed by atoms with Gasteiger partial charge in [-0.15, -0.1) is 0 Å². The maximum atomic E-state index is 13.7. The molecule has 0 atom stereocenters. The zero-order valence-corrected chi connectivity index (χ0v) is 13.6. The Bertz CT molecular complexity index is 685. The highest BCUT2D eigenvalue weighted by Gasteiger charge is 2.12. The molecule has 0 aliphatic heterocycles. The van der Waals surface area contributed by atoms with Crippen molar-refractivity contribution in [2.45, 2.75) is 0 Å². The third-order valence-electron chi connectivity index (χ3n) is 3.33. The Kier molecular flexibility index (Phi) is 5.46.